The van der Waals surface area contributed by atoms with Gasteiger partial charge in [-0.05, 0) is 13.3 Å². The highest BCUT2D eigenvalue weighted by molar-refractivity contribution is 5.77. The van der Waals surface area contributed by atoms with Gasteiger partial charge in [0.05, 0.1) is 19.8 Å². The summed E-state index contributed by atoms with van der Waals surface area (Å²) in [6.45, 7) is 2.52. The lowest BCUT2D eigenvalue weighted by atomic mass is 9.92. The van der Waals surface area contributed by atoms with Crippen molar-refractivity contribution in [1.82, 2.24) is 0 Å². The standard InChI is InChI=1S/C18H22O6/c1-18(17(20)24-14-7-8-15(19)21-10-9-14)11-22-16(23-12-18)13-5-3-2-4-6-13/h2-6,14,16H,7-12H2,1H3. The van der Waals surface area contributed by atoms with Crippen LogP contribution in [0.25, 0.3) is 0 Å². The van der Waals surface area contributed by atoms with Gasteiger partial charge in [0, 0.05) is 18.4 Å². The van der Waals surface area contributed by atoms with Gasteiger partial charge in [-0.25, -0.2) is 0 Å². The molecule has 2 fully saturated rings. The number of benzene rings is 1. The highest BCUT2D eigenvalue weighted by Gasteiger charge is 2.42. The summed E-state index contributed by atoms with van der Waals surface area (Å²) in [5.74, 6) is -0.594. The molecule has 1 aromatic rings. The molecule has 0 saturated carbocycles. The first-order valence-corrected chi connectivity index (χ1v) is 8.22. The quantitative estimate of drug-likeness (QED) is 0.791. The Morgan fingerprint density at radius 2 is 1.88 bits per heavy atom. The van der Waals surface area contributed by atoms with Crippen LogP contribution in [-0.2, 0) is 28.5 Å². The fourth-order valence-electron chi connectivity index (χ4n) is 2.74. The molecule has 130 valence electrons. The van der Waals surface area contributed by atoms with Crippen LogP contribution in [0.1, 0.15) is 38.0 Å². The number of ether oxygens (including phenoxy) is 4. The Morgan fingerprint density at radius 1 is 1.17 bits per heavy atom. The molecule has 0 bridgehead atoms. The van der Waals surface area contributed by atoms with Crippen molar-refractivity contribution >= 4 is 11.9 Å². The van der Waals surface area contributed by atoms with E-state index in [4.69, 9.17) is 18.9 Å². The van der Waals surface area contributed by atoms with Gasteiger partial charge in [0.2, 0.25) is 0 Å². The van der Waals surface area contributed by atoms with E-state index in [1.165, 1.54) is 0 Å². The Hall–Kier alpha value is -1.92. The first-order valence-electron chi connectivity index (χ1n) is 8.22. The fraction of sp³-hybridized carbons (Fsp3) is 0.556. The number of carbonyl (C=O) groups is 2. The summed E-state index contributed by atoms with van der Waals surface area (Å²) in [6.07, 6.45) is 0.540. The molecule has 0 N–H and O–H groups in total. The number of hydrogen-bond acceptors (Lipinski definition) is 6. The highest BCUT2D eigenvalue weighted by atomic mass is 16.7. The minimum atomic E-state index is -0.845. The molecule has 24 heavy (non-hydrogen) atoms. The molecule has 0 aromatic heterocycles. The Morgan fingerprint density at radius 3 is 2.58 bits per heavy atom. The van der Waals surface area contributed by atoms with Gasteiger partial charge >= 0.3 is 11.9 Å². The van der Waals surface area contributed by atoms with E-state index in [0.29, 0.717) is 12.8 Å². The lowest BCUT2D eigenvalue weighted by molar-refractivity contribution is -0.238. The van der Waals surface area contributed by atoms with Crippen LogP contribution in [-0.4, -0.2) is 37.9 Å². The second-order valence-electron chi connectivity index (χ2n) is 6.50. The maximum atomic E-state index is 12.5. The smallest absolute Gasteiger partial charge is 0.316 e. The van der Waals surface area contributed by atoms with Crippen LogP contribution >= 0.6 is 0 Å². The molecule has 6 heteroatoms. The predicted molar refractivity (Wildman–Crippen MR) is 83.9 cm³/mol. The number of rotatable bonds is 3. The first-order chi connectivity index (χ1) is 11.6. The van der Waals surface area contributed by atoms with Crippen LogP contribution in [0.15, 0.2) is 30.3 Å². The van der Waals surface area contributed by atoms with E-state index in [0.717, 1.165) is 5.56 Å². The maximum Gasteiger partial charge on any atom is 0.316 e. The van der Waals surface area contributed by atoms with Crippen LogP contribution in [0.4, 0.5) is 0 Å². The Balaban J connectivity index is 1.54. The molecular formula is C18H22O6. The Kier molecular flexibility index (Phi) is 5.16. The van der Waals surface area contributed by atoms with Crippen molar-refractivity contribution in [1.29, 1.82) is 0 Å². The Labute approximate surface area is 141 Å². The van der Waals surface area contributed by atoms with Crippen molar-refractivity contribution in [2.75, 3.05) is 19.8 Å². The van der Waals surface area contributed by atoms with Crippen molar-refractivity contribution in [3.05, 3.63) is 35.9 Å². The molecule has 6 nitrogen and oxygen atoms in total. The summed E-state index contributed by atoms with van der Waals surface area (Å²) in [4.78, 5) is 23.8. The molecule has 1 atom stereocenters. The van der Waals surface area contributed by atoms with Crippen molar-refractivity contribution in [2.45, 2.75) is 38.6 Å². The van der Waals surface area contributed by atoms with E-state index in [-0.39, 0.29) is 44.3 Å². The predicted octanol–water partition coefficient (Wildman–Crippen LogP) is 2.38. The van der Waals surface area contributed by atoms with Gasteiger partial charge in [-0.15, -0.1) is 0 Å². The second kappa shape index (κ2) is 7.32. The fourth-order valence-corrected chi connectivity index (χ4v) is 2.74. The van der Waals surface area contributed by atoms with E-state index in [1.807, 2.05) is 30.3 Å². The average molecular weight is 334 g/mol. The minimum absolute atomic E-state index is 0.230. The van der Waals surface area contributed by atoms with Crippen LogP contribution in [0, 0.1) is 5.41 Å². The largest absolute Gasteiger partial charge is 0.466 e. The summed E-state index contributed by atoms with van der Waals surface area (Å²) in [5.41, 5.74) is 0.0787. The van der Waals surface area contributed by atoms with Crippen molar-refractivity contribution in [3.8, 4) is 0 Å². The minimum Gasteiger partial charge on any atom is -0.466 e. The molecule has 2 aliphatic rings. The zero-order chi connectivity index (χ0) is 17.0. The van der Waals surface area contributed by atoms with Gasteiger partial charge in [-0.2, -0.15) is 0 Å². The van der Waals surface area contributed by atoms with E-state index in [9.17, 15) is 9.59 Å². The molecule has 1 aromatic carbocycles. The van der Waals surface area contributed by atoms with Gasteiger partial charge < -0.3 is 18.9 Å². The monoisotopic (exact) mass is 334 g/mol. The van der Waals surface area contributed by atoms with Crippen LogP contribution < -0.4 is 0 Å². The third kappa shape index (κ3) is 3.94. The summed E-state index contributed by atoms with van der Waals surface area (Å²) in [7, 11) is 0. The average Bonchev–Trinajstić information content (AvgIpc) is 2.81. The van der Waals surface area contributed by atoms with Gasteiger partial charge in [0.1, 0.15) is 11.5 Å². The molecule has 2 saturated heterocycles. The SMILES string of the molecule is CC1(C(=O)OC2CCOC(=O)CC2)COC(c2ccccc2)OC1. The molecular weight excluding hydrogens is 312 g/mol. The summed E-state index contributed by atoms with van der Waals surface area (Å²) in [6, 6.07) is 9.61. The number of carbonyl (C=O) groups excluding carboxylic acids is 2. The normalized spacial score (nSPS) is 31.0. The van der Waals surface area contributed by atoms with E-state index < -0.39 is 11.7 Å². The van der Waals surface area contributed by atoms with Crippen molar-refractivity contribution in [2.24, 2.45) is 5.41 Å². The van der Waals surface area contributed by atoms with Gasteiger partial charge in [0.25, 0.3) is 0 Å². The van der Waals surface area contributed by atoms with Crippen molar-refractivity contribution in [3.63, 3.8) is 0 Å². The second-order valence-corrected chi connectivity index (χ2v) is 6.50. The lowest BCUT2D eigenvalue weighted by Crippen LogP contribution is -2.44. The number of hydrogen-bond donors (Lipinski definition) is 0. The molecule has 0 aliphatic carbocycles. The zero-order valence-corrected chi connectivity index (χ0v) is 13.7. The molecule has 0 amide bonds. The molecule has 2 aliphatic heterocycles. The molecule has 2 heterocycles. The number of esters is 2. The summed E-state index contributed by atoms with van der Waals surface area (Å²) >= 11 is 0. The zero-order valence-electron chi connectivity index (χ0n) is 13.7. The third-order valence-corrected chi connectivity index (χ3v) is 4.32. The third-order valence-electron chi connectivity index (χ3n) is 4.32. The van der Waals surface area contributed by atoms with E-state index >= 15 is 0 Å². The highest BCUT2D eigenvalue weighted by Crippen LogP contribution is 2.33. The molecule has 0 spiro atoms. The summed E-state index contributed by atoms with van der Waals surface area (Å²) < 4.78 is 22.0. The van der Waals surface area contributed by atoms with Crippen LogP contribution in [0.5, 0.6) is 0 Å². The first kappa shape index (κ1) is 16.9. The topological polar surface area (TPSA) is 71.1 Å². The van der Waals surface area contributed by atoms with E-state index in [1.54, 1.807) is 6.92 Å². The molecule has 0 radical (unpaired) electrons. The maximum absolute atomic E-state index is 12.5. The lowest BCUT2D eigenvalue weighted by Gasteiger charge is -2.36. The molecule has 1 unspecified atom stereocenters. The van der Waals surface area contributed by atoms with Crippen LogP contribution in [0.2, 0.25) is 0 Å². The van der Waals surface area contributed by atoms with Gasteiger partial charge in [0.15, 0.2) is 6.29 Å². The number of cyclic esters (lactones) is 1. The van der Waals surface area contributed by atoms with Crippen molar-refractivity contribution < 1.29 is 28.5 Å². The molecule has 3 rings (SSSR count). The van der Waals surface area contributed by atoms with E-state index in [2.05, 4.69) is 0 Å². The van der Waals surface area contributed by atoms with Gasteiger partial charge in [-0.1, -0.05) is 30.3 Å². The van der Waals surface area contributed by atoms with Gasteiger partial charge in [-0.3, -0.25) is 9.59 Å². The Bertz CT molecular complexity index is 576. The summed E-state index contributed by atoms with van der Waals surface area (Å²) in [5, 5.41) is 0. The van der Waals surface area contributed by atoms with Crippen LogP contribution in [0.3, 0.4) is 0 Å².